The lowest BCUT2D eigenvalue weighted by Crippen LogP contribution is -2.38. The van der Waals surface area contributed by atoms with Gasteiger partial charge in [-0.25, -0.2) is 5.90 Å². The van der Waals surface area contributed by atoms with Crippen LogP contribution in [0.5, 0.6) is 0 Å². The molecule has 0 aliphatic heterocycles. The maximum atomic E-state index is 11.2. The third-order valence-corrected chi connectivity index (χ3v) is 1.62. The van der Waals surface area contributed by atoms with Crippen LogP contribution in [0.3, 0.4) is 0 Å². The van der Waals surface area contributed by atoms with E-state index in [1.54, 1.807) is 13.8 Å². The number of nitrogens with two attached hydrogens (primary N) is 1. The van der Waals surface area contributed by atoms with Crippen molar-refractivity contribution >= 4 is 21.8 Å². The van der Waals surface area contributed by atoms with Crippen LogP contribution in [0.2, 0.25) is 0 Å². The average Bonchev–Trinajstić information content (AvgIpc) is 1.96. The molecule has 3 N–H and O–H groups in total. The summed E-state index contributed by atoms with van der Waals surface area (Å²) in [4.78, 5) is 15.5. The summed E-state index contributed by atoms with van der Waals surface area (Å²) in [7, 11) is 0. The van der Waals surface area contributed by atoms with Crippen LogP contribution in [0, 0.1) is 0 Å². The summed E-state index contributed by atoms with van der Waals surface area (Å²) in [6.07, 6.45) is 0.728. The summed E-state index contributed by atoms with van der Waals surface area (Å²) in [6, 6.07) is 0. The molecule has 0 unspecified atom stereocenters. The monoisotopic (exact) mass is 238 g/mol. The molecule has 0 radical (unpaired) electrons. The summed E-state index contributed by atoms with van der Waals surface area (Å²) < 4.78 is -0.503. The van der Waals surface area contributed by atoms with E-state index in [0.29, 0.717) is 13.2 Å². The topological polar surface area (TPSA) is 64.3 Å². The zero-order valence-electron chi connectivity index (χ0n) is 7.39. The highest BCUT2D eigenvalue weighted by atomic mass is 79.9. The molecule has 12 heavy (non-hydrogen) atoms. The maximum Gasteiger partial charge on any atom is 0.236 e. The van der Waals surface area contributed by atoms with Crippen molar-refractivity contribution in [2.24, 2.45) is 5.90 Å². The van der Waals surface area contributed by atoms with Crippen LogP contribution in [0.1, 0.15) is 20.3 Å². The van der Waals surface area contributed by atoms with E-state index in [4.69, 9.17) is 5.90 Å². The van der Waals surface area contributed by atoms with Crippen molar-refractivity contribution in [3.8, 4) is 0 Å². The Labute approximate surface area is 80.9 Å². The molecule has 0 heterocycles. The second-order valence-electron chi connectivity index (χ2n) is 2.95. The molecule has 0 saturated carbocycles. The van der Waals surface area contributed by atoms with E-state index in [1.165, 1.54) is 0 Å². The molecule has 0 saturated heterocycles. The maximum absolute atomic E-state index is 11.2. The van der Waals surface area contributed by atoms with Gasteiger partial charge in [0.05, 0.1) is 10.9 Å². The lowest BCUT2D eigenvalue weighted by atomic mass is 10.2. The molecule has 0 aliphatic rings. The molecular weight excluding hydrogens is 224 g/mol. The molecule has 5 heteroatoms. The Balaban J connectivity index is 3.45. The zero-order chi connectivity index (χ0) is 9.61. The number of carbonyl (C=O) groups is 1. The Bertz CT molecular complexity index is 145. The highest BCUT2D eigenvalue weighted by molar-refractivity contribution is 9.10. The van der Waals surface area contributed by atoms with E-state index in [1.807, 2.05) is 0 Å². The minimum Gasteiger partial charge on any atom is -0.355 e. The average molecular weight is 239 g/mol. The summed E-state index contributed by atoms with van der Waals surface area (Å²) >= 11 is 3.25. The molecule has 0 bridgehead atoms. The van der Waals surface area contributed by atoms with Crippen molar-refractivity contribution in [3.05, 3.63) is 0 Å². The van der Waals surface area contributed by atoms with E-state index < -0.39 is 4.32 Å². The van der Waals surface area contributed by atoms with Crippen LogP contribution in [0.4, 0.5) is 0 Å². The first-order valence-corrected chi connectivity index (χ1v) is 4.56. The van der Waals surface area contributed by atoms with Gasteiger partial charge in [0, 0.05) is 6.54 Å². The molecule has 0 fully saturated rings. The van der Waals surface area contributed by atoms with Crippen molar-refractivity contribution in [1.29, 1.82) is 0 Å². The Hall–Kier alpha value is -0.130. The minimum atomic E-state index is -0.503. The summed E-state index contributed by atoms with van der Waals surface area (Å²) in [6.45, 7) is 4.64. The largest absolute Gasteiger partial charge is 0.355 e. The second-order valence-corrected chi connectivity index (χ2v) is 4.94. The van der Waals surface area contributed by atoms with Crippen LogP contribution in [0.15, 0.2) is 0 Å². The SMILES string of the molecule is CC(C)(Br)C(=O)NCCCON. The molecule has 0 aromatic rings. The number of amides is 1. The highest BCUT2D eigenvalue weighted by Gasteiger charge is 2.22. The van der Waals surface area contributed by atoms with Gasteiger partial charge >= 0.3 is 0 Å². The lowest BCUT2D eigenvalue weighted by molar-refractivity contribution is -0.122. The molecule has 1 amide bonds. The number of hydrogen-bond donors (Lipinski definition) is 2. The van der Waals surface area contributed by atoms with E-state index in [-0.39, 0.29) is 5.91 Å². The molecule has 4 nitrogen and oxygen atoms in total. The second kappa shape index (κ2) is 5.50. The lowest BCUT2D eigenvalue weighted by Gasteiger charge is -2.15. The van der Waals surface area contributed by atoms with Gasteiger partial charge in [0.15, 0.2) is 0 Å². The zero-order valence-corrected chi connectivity index (χ0v) is 8.98. The van der Waals surface area contributed by atoms with Gasteiger partial charge in [-0.15, -0.1) is 0 Å². The predicted molar refractivity (Wildman–Crippen MR) is 50.8 cm³/mol. The van der Waals surface area contributed by atoms with Crippen LogP contribution < -0.4 is 11.2 Å². The van der Waals surface area contributed by atoms with Gasteiger partial charge in [-0.05, 0) is 20.3 Å². The van der Waals surface area contributed by atoms with Crippen molar-refractivity contribution in [2.45, 2.75) is 24.6 Å². The molecular formula is C7H15BrN2O2. The number of carbonyl (C=O) groups excluding carboxylic acids is 1. The third kappa shape index (κ3) is 5.51. The predicted octanol–water partition coefficient (Wildman–Crippen LogP) is 0.557. The Morgan fingerprint density at radius 3 is 2.67 bits per heavy atom. The van der Waals surface area contributed by atoms with Crippen LogP contribution in [-0.2, 0) is 9.63 Å². The quantitative estimate of drug-likeness (QED) is 0.418. The number of halogens is 1. The first-order chi connectivity index (χ1) is 5.48. The summed E-state index contributed by atoms with van der Waals surface area (Å²) in [5, 5.41) is 2.74. The van der Waals surface area contributed by atoms with Gasteiger partial charge in [-0.2, -0.15) is 0 Å². The van der Waals surface area contributed by atoms with Crippen molar-refractivity contribution in [3.63, 3.8) is 0 Å². The third-order valence-electron chi connectivity index (χ3n) is 1.26. The van der Waals surface area contributed by atoms with Crippen molar-refractivity contribution < 1.29 is 9.63 Å². The van der Waals surface area contributed by atoms with Gasteiger partial charge in [0.2, 0.25) is 5.91 Å². The van der Waals surface area contributed by atoms with Crippen LogP contribution in [0.25, 0.3) is 0 Å². The van der Waals surface area contributed by atoms with Gasteiger partial charge < -0.3 is 10.2 Å². The molecule has 0 atom stereocenters. The van der Waals surface area contributed by atoms with E-state index >= 15 is 0 Å². The summed E-state index contributed by atoms with van der Waals surface area (Å²) in [5.41, 5.74) is 0. The van der Waals surface area contributed by atoms with Gasteiger partial charge in [0.1, 0.15) is 0 Å². The van der Waals surface area contributed by atoms with E-state index in [2.05, 4.69) is 26.1 Å². The molecule has 0 aromatic carbocycles. The minimum absolute atomic E-state index is 0.0282. The molecule has 72 valence electrons. The molecule has 0 aromatic heterocycles. The van der Waals surface area contributed by atoms with Gasteiger partial charge in [-0.3, -0.25) is 4.79 Å². The Kier molecular flexibility index (Phi) is 5.44. The normalized spacial score (nSPS) is 11.3. The molecule has 0 aliphatic carbocycles. The fourth-order valence-electron chi connectivity index (χ4n) is 0.568. The molecule has 0 rings (SSSR count). The van der Waals surface area contributed by atoms with Crippen LogP contribution >= 0.6 is 15.9 Å². The standard InChI is InChI=1S/C7H15BrN2O2/c1-7(2,8)6(11)10-4-3-5-12-9/h3-5,9H2,1-2H3,(H,10,11). The number of rotatable bonds is 5. The molecule has 0 spiro atoms. The van der Waals surface area contributed by atoms with Crippen molar-refractivity contribution in [1.82, 2.24) is 5.32 Å². The summed E-state index contributed by atoms with van der Waals surface area (Å²) in [5.74, 6) is 4.78. The number of nitrogens with one attached hydrogen (secondary N) is 1. The fourth-order valence-corrected chi connectivity index (χ4v) is 0.708. The Morgan fingerprint density at radius 1 is 1.67 bits per heavy atom. The van der Waals surface area contributed by atoms with Crippen molar-refractivity contribution in [2.75, 3.05) is 13.2 Å². The van der Waals surface area contributed by atoms with E-state index in [0.717, 1.165) is 6.42 Å². The van der Waals surface area contributed by atoms with Crippen LogP contribution in [-0.4, -0.2) is 23.4 Å². The Morgan fingerprint density at radius 2 is 2.25 bits per heavy atom. The van der Waals surface area contributed by atoms with E-state index in [9.17, 15) is 4.79 Å². The first kappa shape index (κ1) is 11.9. The van der Waals surface area contributed by atoms with Gasteiger partial charge in [0.25, 0.3) is 0 Å². The fraction of sp³-hybridized carbons (Fsp3) is 0.857. The first-order valence-electron chi connectivity index (χ1n) is 3.77. The smallest absolute Gasteiger partial charge is 0.236 e. The number of alkyl halides is 1. The highest BCUT2D eigenvalue weighted by Crippen LogP contribution is 2.14. The van der Waals surface area contributed by atoms with Gasteiger partial charge in [-0.1, -0.05) is 15.9 Å². The number of hydrogen-bond acceptors (Lipinski definition) is 3.